The van der Waals surface area contributed by atoms with Crippen LogP contribution in [0.25, 0.3) is 0 Å². The monoisotopic (exact) mass is 243 g/mol. The largest absolute Gasteiger partial charge is 0.388 e. The van der Waals surface area contributed by atoms with Crippen LogP contribution in [0.5, 0.6) is 0 Å². The molecule has 1 aromatic heterocycles. The van der Waals surface area contributed by atoms with Gasteiger partial charge in [0, 0.05) is 0 Å². The Morgan fingerprint density at radius 1 is 1.47 bits per heavy atom. The van der Waals surface area contributed by atoms with Crippen molar-refractivity contribution < 1.29 is 24.9 Å². The molecule has 4 atom stereocenters. The maximum Gasteiger partial charge on any atom is 0.267 e. The van der Waals surface area contributed by atoms with Crippen molar-refractivity contribution in [3.63, 3.8) is 0 Å². The Kier molecular flexibility index (Phi) is 3.11. The number of carbonyl (C=O) groups is 1. The van der Waals surface area contributed by atoms with Gasteiger partial charge in [-0.05, 0) is 0 Å². The lowest BCUT2D eigenvalue weighted by Crippen LogP contribution is -2.51. The minimum absolute atomic E-state index is 0.0534. The maximum absolute atomic E-state index is 11.1. The lowest BCUT2D eigenvalue weighted by atomic mass is 10.0. The number of hydrogen-bond acceptors (Lipinski definition) is 6. The number of carbonyl (C=O) groups excluding carboxylic acids is 1. The smallest absolute Gasteiger partial charge is 0.267 e. The van der Waals surface area contributed by atoms with E-state index in [0.29, 0.717) is 0 Å². The van der Waals surface area contributed by atoms with Crippen LogP contribution in [0.2, 0.25) is 0 Å². The number of nitrogens with two attached hydrogens (primary N) is 1. The van der Waals surface area contributed by atoms with Crippen LogP contribution in [-0.4, -0.2) is 55.7 Å². The molecule has 0 bridgehead atoms. The molecule has 0 saturated carbocycles. The summed E-state index contributed by atoms with van der Waals surface area (Å²) in [4.78, 5) is 14.8. The van der Waals surface area contributed by atoms with Crippen molar-refractivity contribution in [1.82, 2.24) is 9.55 Å². The lowest BCUT2D eigenvalue weighted by Gasteiger charge is -2.36. The second-order valence-electron chi connectivity index (χ2n) is 3.82. The number of hydrogen-bond donors (Lipinski definition) is 4. The van der Waals surface area contributed by atoms with Gasteiger partial charge in [-0.2, -0.15) is 0 Å². The Morgan fingerprint density at radius 2 is 2.18 bits per heavy atom. The first-order valence-corrected chi connectivity index (χ1v) is 5.00. The van der Waals surface area contributed by atoms with Gasteiger partial charge < -0.3 is 25.8 Å². The summed E-state index contributed by atoms with van der Waals surface area (Å²) >= 11 is 0. The Hall–Kier alpha value is -1.48. The molecular formula is C9H13N3O5. The molecule has 0 aromatic carbocycles. The van der Waals surface area contributed by atoms with Gasteiger partial charge in [-0.1, -0.05) is 0 Å². The number of imidazole rings is 1. The molecule has 1 fully saturated rings. The summed E-state index contributed by atoms with van der Waals surface area (Å²) in [6.45, 7) is -0.153. The number of aliphatic hydroxyl groups is 3. The molecule has 94 valence electrons. The highest BCUT2D eigenvalue weighted by Crippen LogP contribution is 2.25. The van der Waals surface area contributed by atoms with E-state index in [9.17, 15) is 20.1 Å². The van der Waals surface area contributed by atoms with Crippen LogP contribution in [0, 0.1) is 0 Å². The Bertz CT molecular complexity index is 421. The van der Waals surface area contributed by atoms with E-state index in [2.05, 4.69) is 4.98 Å². The molecule has 8 heteroatoms. The number of amides is 1. The van der Waals surface area contributed by atoms with Crippen molar-refractivity contribution in [2.75, 3.05) is 6.61 Å². The minimum atomic E-state index is -1.37. The average Bonchev–Trinajstić information content (AvgIpc) is 2.75. The molecule has 0 spiro atoms. The zero-order valence-electron chi connectivity index (χ0n) is 8.80. The van der Waals surface area contributed by atoms with Gasteiger partial charge in [-0.25, -0.2) is 4.98 Å². The van der Waals surface area contributed by atoms with Crippen LogP contribution in [0.4, 0.5) is 0 Å². The summed E-state index contributed by atoms with van der Waals surface area (Å²) in [5.41, 5.74) is 5.18. The lowest BCUT2D eigenvalue weighted by molar-refractivity contribution is -0.211. The molecule has 17 heavy (non-hydrogen) atoms. The molecule has 1 aliphatic rings. The van der Waals surface area contributed by atoms with Crippen molar-refractivity contribution in [3.05, 3.63) is 18.2 Å². The third-order valence-electron chi connectivity index (χ3n) is 2.67. The molecule has 0 aliphatic carbocycles. The zero-order chi connectivity index (χ0) is 12.6. The van der Waals surface area contributed by atoms with Crippen LogP contribution < -0.4 is 5.73 Å². The molecule has 2 rings (SSSR count). The molecule has 1 amide bonds. The highest BCUT2D eigenvalue weighted by Gasteiger charge is 2.39. The van der Waals surface area contributed by atoms with Crippen molar-refractivity contribution >= 4 is 5.91 Å². The van der Waals surface area contributed by atoms with Crippen molar-refractivity contribution in [1.29, 1.82) is 0 Å². The van der Waals surface area contributed by atoms with Crippen LogP contribution in [0.1, 0.15) is 16.7 Å². The van der Waals surface area contributed by atoms with E-state index >= 15 is 0 Å². The SMILES string of the molecule is NC(=O)c1cncn1[C@H]1OC[C@@H](O)[C@@H](O)[C@H]1O. The third-order valence-corrected chi connectivity index (χ3v) is 2.67. The van der Waals surface area contributed by atoms with E-state index in [4.69, 9.17) is 10.5 Å². The molecule has 0 radical (unpaired) electrons. The molecular weight excluding hydrogens is 230 g/mol. The van der Waals surface area contributed by atoms with Crippen LogP contribution in [0.15, 0.2) is 12.5 Å². The van der Waals surface area contributed by atoms with E-state index in [1.165, 1.54) is 17.1 Å². The number of aromatic nitrogens is 2. The van der Waals surface area contributed by atoms with Gasteiger partial charge in [-0.3, -0.25) is 9.36 Å². The van der Waals surface area contributed by atoms with Gasteiger partial charge in [0.1, 0.15) is 24.0 Å². The fourth-order valence-electron chi connectivity index (χ4n) is 1.73. The van der Waals surface area contributed by atoms with Crippen molar-refractivity contribution in [2.24, 2.45) is 5.73 Å². The minimum Gasteiger partial charge on any atom is -0.388 e. The number of rotatable bonds is 2. The number of primary amides is 1. The summed E-state index contributed by atoms with van der Waals surface area (Å²) < 4.78 is 6.39. The summed E-state index contributed by atoms with van der Waals surface area (Å²) in [5, 5.41) is 28.6. The Labute approximate surface area is 96.3 Å². The molecule has 2 heterocycles. The summed E-state index contributed by atoms with van der Waals surface area (Å²) in [5.74, 6) is -0.723. The van der Waals surface area contributed by atoms with E-state index in [0.717, 1.165) is 0 Å². The second kappa shape index (κ2) is 4.41. The predicted molar refractivity (Wildman–Crippen MR) is 53.8 cm³/mol. The zero-order valence-corrected chi connectivity index (χ0v) is 8.80. The third kappa shape index (κ3) is 2.03. The fraction of sp³-hybridized carbons (Fsp3) is 0.556. The number of nitrogens with zero attached hydrogens (tertiary/aromatic N) is 2. The summed E-state index contributed by atoms with van der Waals surface area (Å²) in [6.07, 6.45) is -2.39. The highest BCUT2D eigenvalue weighted by atomic mass is 16.5. The summed E-state index contributed by atoms with van der Waals surface area (Å²) in [6, 6.07) is 0. The van der Waals surface area contributed by atoms with E-state index in [-0.39, 0.29) is 12.3 Å². The van der Waals surface area contributed by atoms with Crippen LogP contribution in [0.3, 0.4) is 0 Å². The molecule has 1 aliphatic heterocycles. The normalized spacial score (nSPS) is 33.6. The predicted octanol–water partition coefficient (Wildman–Crippen LogP) is -2.41. The number of ether oxygens (including phenoxy) is 1. The standard InChI is InChI=1S/C9H13N3O5/c10-8(16)4-1-11-3-12(4)9-7(15)6(14)5(13)2-17-9/h1,3,5-7,9,13-15H,2H2,(H2,10,16)/t5-,6-,7-,9+/m1/s1. The quantitative estimate of drug-likeness (QED) is 0.457. The van der Waals surface area contributed by atoms with Crippen molar-refractivity contribution in [2.45, 2.75) is 24.5 Å². The Morgan fingerprint density at radius 3 is 2.82 bits per heavy atom. The van der Waals surface area contributed by atoms with Gasteiger partial charge >= 0.3 is 0 Å². The highest BCUT2D eigenvalue weighted by molar-refractivity contribution is 5.90. The molecule has 0 unspecified atom stereocenters. The van der Waals surface area contributed by atoms with Gasteiger partial charge in [0.25, 0.3) is 5.91 Å². The van der Waals surface area contributed by atoms with E-state index in [1.54, 1.807) is 0 Å². The van der Waals surface area contributed by atoms with Crippen LogP contribution >= 0.6 is 0 Å². The number of aliphatic hydroxyl groups excluding tert-OH is 3. The first-order valence-electron chi connectivity index (χ1n) is 5.00. The molecule has 1 aromatic rings. The topological polar surface area (TPSA) is 131 Å². The Balaban J connectivity index is 2.28. The van der Waals surface area contributed by atoms with Gasteiger partial charge in [-0.15, -0.1) is 0 Å². The first kappa shape index (κ1) is 12.0. The molecule has 5 N–H and O–H groups in total. The van der Waals surface area contributed by atoms with Crippen LogP contribution in [-0.2, 0) is 4.74 Å². The fourth-order valence-corrected chi connectivity index (χ4v) is 1.73. The van der Waals surface area contributed by atoms with E-state index < -0.39 is 30.4 Å². The van der Waals surface area contributed by atoms with E-state index in [1.807, 2.05) is 0 Å². The second-order valence-corrected chi connectivity index (χ2v) is 3.82. The maximum atomic E-state index is 11.1. The summed E-state index contributed by atoms with van der Waals surface area (Å²) in [7, 11) is 0. The van der Waals surface area contributed by atoms with Crippen molar-refractivity contribution in [3.8, 4) is 0 Å². The average molecular weight is 243 g/mol. The molecule has 8 nitrogen and oxygen atoms in total. The van der Waals surface area contributed by atoms with Gasteiger partial charge in [0.2, 0.25) is 0 Å². The van der Waals surface area contributed by atoms with Gasteiger partial charge in [0.15, 0.2) is 6.23 Å². The van der Waals surface area contributed by atoms with Gasteiger partial charge in [0.05, 0.1) is 19.1 Å². The molecule has 1 saturated heterocycles. The first-order chi connectivity index (χ1) is 8.02.